The molecule has 2 aromatic carbocycles. The van der Waals surface area contributed by atoms with E-state index >= 15 is 0 Å². The van der Waals surface area contributed by atoms with Crippen LogP contribution in [0.2, 0.25) is 0 Å². The van der Waals surface area contributed by atoms with Crippen molar-refractivity contribution in [3.63, 3.8) is 0 Å². The Morgan fingerprint density at radius 3 is 2.53 bits per heavy atom. The van der Waals surface area contributed by atoms with Crippen LogP contribution in [-0.4, -0.2) is 20.2 Å². The fourth-order valence-electron chi connectivity index (χ4n) is 1.78. The summed E-state index contributed by atoms with van der Waals surface area (Å²) >= 11 is 0. The summed E-state index contributed by atoms with van der Waals surface area (Å²) in [4.78, 5) is 11.3. The van der Waals surface area contributed by atoms with E-state index in [9.17, 15) is 9.18 Å². The standard InChI is InChI=1S/C15H13FO3/c1-18-12-5-3-4-10(8-12)13-7-6-11(9-14(13)16)15(17)19-2/h3-9H,1-2H3. The van der Waals surface area contributed by atoms with E-state index in [2.05, 4.69) is 4.74 Å². The van der Waals surface area contributed by atoms with Crippen LogP contribution < -0.4 is 4.74 Å². The summed E-state index contributed by atoms with van der Waals surface area (Å²) in [7, 11) is 2.81. The van der Waals surface area contributed by atoms with Gasteiger partial charge in [-0.15, -0.1) is 0 Å². The number of halogens is 1. The Bertz CT molecular complexity index is 608. The SMILES string of the molecule is COC(=O)c1ccc(-c2cccc(OC)c2)c(F)c1. The van der Waals surface area contributed by atoms with E-state index in [1.54, 1.807) is 37.4 Å². The molecule has 0 heterocycles. The Hall–Kier alpha value is -2.36. The molecule has 2 aromatic rings. The first-order valence-electron chi connectivity index (χ1n) is 5.68. The van der Waals surface area contributed by atoms with Crippen molar-refractivity contribution in [3.05, 3.63) is 53.8 Å². The van der Waals surface area contributed by atoms with Crippen LogP contribution in [0.5, 0.6) is 5.75 Å². The number of rotatable bonds is 3. The van der Waals surface area contributed by atoms with Crippen LogP contribution in [0.1, 0.15) is 10.4 Å². The summed E-state index contributed by atoms with van der Waals surface area (Å²) in [5.74, 6) is -0.388. The Balaban J connectivity index is 2.42. The lowest BCUT2D eigenvalue weighted by molar-refractivity contribution is 0.0600. The second kappa shape index (κ2) is 5.52. The molecule has 0 aromatic heterocycles. The summed E-state index contributed by atoms with van der Waals surface area (Å²) in [6.45, 7) is 0. The van der Waals surface area contributed by atoms with Gasteiger partial charge in [0.1, 0.15) is 11.6 Å². The van der Waals surface area contributed by atoms with Crippen molar-refractivity contribution in [2.45, 2.75) is 0 Å². The van der Waals surface area contributed by atoms with Crippen molar-refractivity contribution in [2.75, 3.05) is 14.2 Å². The van der Waals surface area contributed by atoms with Gasteiger partial charge in [0.05, 0.1) is 19.8 Å². The van der Waals surface area contributed by atoms with E-state index in [1.807, 2.05) is 0 Å². The van der Waals surface area contributed by atoms with Crippen molar-refractivity contribution in [3.8, 4) is 16.9 Å². The zero-order chi connectivity index (χ0) is 13.8. The molecule has 0 aliphatic heterocycles. The van der Waals surface area contributed by atoms with Crippen molar-refractivity contribution in [2.24, 2.45) is 0 Å². The number of carbonyl (C=O) groups is 1. The first-order chi connectivity index (χ1) is 9.15. The van der Waals surface area contributed by atoms with Gasteiger partial charge in [0.2, 0.25) is 0 Å². The number of hydrogen-bond acceptors (Lipinski definition) is 3. The molecular weight excluding hydrogens is 247 g/mol. The molecule has 0 unspecified atom stereocenters. The summed E-state index contributed by atoms with van der Waals surface area (Å²) < 4.78 is 23.7. The molecule has 3 nitrogen and oxygen atoms in total. The number of methoxy groups -OCH3 is 2. The third kappa shape index (κ3) is 2.73. The van der Waals surface area contributed by atoms with E-state index in [-0.39, 0.29) is 5.56 Å². The molecule has 0 amide bonds. The van der Waals surface area contributed by atoms with Crippen molar-refractivity contribution in [1.82, 2.24) is 0 Å². The first kappa shape index (κ1) is 13.1. The summed E-state index contributed by atoms with van der Waals surface area (Å²) in [5.41, 5.74) is 1.28. The topological polar surface area (TPSA) is 35.5 Å². The lowest BCUT2D eigenvalue weighted by atomic mass is 10.0. The normalized spacial score (nSPS) is 10.1. The third-order valence-electron chi connectivity index (χ3n) is 2.77. The molecule has 0 fully saturated rings. The maximum Gasteiger partial charge on any atom is 0.337 e. The predicted octanol–water partition coefficient (Wildman–Crippen LogP) is 3.29. The number of carbonyl (C=O) groups excluding carboxylic acids is 1. The summed E-state index contributed by atoms with van der Waals surface area (Å²) in [5, 5.41) is 0. The molecule has 98 valence electrons. The fraction of sp³-hybridized carbons (Fsp3) is 0.133. The van der Waals surface area contributed by atoms with Gasteiger partial charge >= 0.3 is 5.97 Å². The van der Waals surface area contributed by atoms with Gasteiger partial charge < -0.3 is 9.47 Å². The molecule has 0 radical (unpaired) electrons. The van der Waals surface area contributed by atoms with Crippen molar-refractivity contribution < 1.29 is 18.7 Å². The van der Waals surface area contributed by atoms with Gasteiger partial charge in [-0.05, 0) is 29.8 Å². The van der Waals surface area contributed by atoms with E-state index in [0.717, 1.165) is 0 Å². The molecule has 0 aliphatic carbocycles. The Kier molecular flexibility index (Phi) is 3.80. The van der Waals surface area contributed by atoms with Crippen LogP contribution in [0.4, 0.5) is 4.39 Å². The quantitative estimate of drug-likeness (QED) is 0.794. The molecule has 0 saturated carbocycles. The van der Waals surface area contributed by atoms with Gasteiger partial charge in [0.15, 0.2) is 0 Å². The highest BCUT2D eigenvalue weighted by atomic mass is 19.1. The van der Waals surface area contributed by atoms with Gasteiger partial charge in [-0.3, -0.25) is 0 Å². The molecule has 0 aliphatic rings. The zero-order valence-electron chi connectivity index (χ0n) is 10.6. The van der Waals surface area contributed by atoms with Crippen LogP contribution in [-0.2, 0) is 4.74 Å². The largest absolute Gasteiger partial charge is 0.497 e. The van der Waals surface area contributed by atoms with E-state index in [0.29, 0.717) is 16.9 Å². The van der Waals surface area contributed by atoms with E-state index in [4.69, 9.17) is 4.74 Å². The molecule has 0 saturated heterocycles. The van der Waals surface area contributed by atoms with Gasteiger partial charge in [0, 0.05) is 5.56 Å². The van der Waals surface area contributed by atoms with E-state index in [1.165, 1.54) is 19.2 Å². The zero-order valence-corrected chi connectivity index (χ0v) is 10.6. The minimum Gasteiger partial charge on any atom is -0.497 e. The first-order valence-corrected chi connectivity index (χ1v) is 5.68. The molecule has 0 spiro atoms. The average Bonchev–Trinajstić information content (AvgIpc) is 2.46. The molecule has 2 rings (SSSR count). The third-order valence-corrected chi connectivity index (χ3v) is 2.77. The van der Waals surface area contributed by atoms with Crippen molar-refractivity contribution in [1.29, 1.82) is 0 Å². The summed E-state index contributed by atoms with van der Waals surface area (Å²) in [6.07, 6.45) is 0. The molecule has 4 heteroatoms. The van der Waals surface area contributed by atoms with E-state index < -0.39 is 11.8 Å². The predicted molar refractivity (Wildman–Crippen MR) is 69.7 cm³/mol. The van der Waals surface area contributed by atoms with Crippen LogP contribution in [0.15, 0.2) is 42.5 Å². The Labute approximate surface area is 110 Å². The monoisotopic (exact) mass is 260 g/mol. The molecule has 0 N–H and O–H groups in total. The minimum absolute atomic E-state index is 0.187. The van der Waals surface area contributed by atoms with Gasteiger partial charge in [-0.1, -0.05) is 18.2 Å². The Morgan fingerprint density at radius 1 is 1.11 bits per heavy atom. The number of esters is 1. The van der Waals surface area contributed by atoms with Crippen LogP contribution in [0, 0.1) is 5.82 Å². The maximum atomic E-state index is 14.0. The molecular formula is C15H13FO3. The van der Waals surface area contributed by atoms with Gasteiger partial charge in [-0.25, -0.2) is 9.18 Å². The second-order valence-corrected chi connectivity index (χ2v) is 3.92. The maximum absolute atomic E-state index is 14.0. The molecule has 0 bridgehead atoms. The smallest absolute Gasteiger partial charge is 0.337 e. The minimum atomic E-state index is -0.559. The number of hydrogen-bond donors (Lipinski definition) is 0. The average molecular weight is 260 g/mol. The highest BCUT2D eigenvalue weighted by Crippen LogP contribution is 2.26. The fourth-order valence-corrected chi connectivity index (χ4v) is 1.78. The second-order valence-electron chi connectivity index (χ2n) is 3.92. The van der Waals surface area contributed by atoms with Gasteiger partial charge in [-0.2, -0.15) is 0 Å². The van der Waals surface area contributed by atoms with Gasteiger partial charge in [0.25, 0.3) is 0 Å². The summed E-state index contributed by atoms with van der Waals surface area (Å²) in [6, 6.07) is 11.3. The lowest BCUT2D eigenvalue weighted by Gasteiger charge is -2.07. The van der Waals surface area contributed by atoms with Crippen LogP contribution in [0.25, 0.3) is 11.1 Å². The Morgan fingerprint density at radius 2 is 1.89 bits per heavy atom. The highest BCUT2D eigenvalue weighted by Gasteiger charge is 2.11. The van der Waals surface area contributed by atoms with Crippen molar-refractivity contribution >= 4 is 5.97 Å². The van der Waals surface area contributed by atoms with Crippen LogP contribution in [0.3, 0.4) is 0 Å². The molecule has 0 atom stereocenters. The number of ether oxygens (including phenoxy) is 2. The molecule has 19 heavy (non-hydrogen) atoms. The number of benzene rings is 2. The van der Waals surface area contributed by atoms with Crippen LogP contribution >= 0.6 is 0 Å². The lowest BCUT2D eigenvalue weighted by Crippen LogP contribution is -2.01. The highest BCUT2D eigenvalue weighted by molar-refractivity contribution is 5.90.